The van der Waals surface area contributed by atoms with Crippen LogP contribution < -0.4 is 5.32 Å². The van der Waals surface area contributed by atoms with Crippen molar-refractivity contribution in [1.82, 2.24) is 20.1 Å². The van der Waals surface area contributed by atoms with E-state index >= 15 is 0 Å². The van der Waals surface area contributed by atoms with Crippen molar-refractivity contribution >= 4 is 5.91 Å². The number of nitrogens with one attached hydrogen (secondary N) is 1. The third kappa shape index (κ3) is 1.80. The Morgan fingerprint density at radius 1 is 1.29 bits per heavy atom. The SMILES string of the molecule is O=C1NCCCn2nc(-c3ccncc3)cc21. The molecule has 5 heteroatoms. The second-order valence-corrected chi connectivity index (χ2v) is 3.98. The van der Waals surface area contributed by atoms with Gasteiger partial charge in [0.05, 0.1) is 5.69 Å². The van der Waals surface area contributed by atoms with Gasteiger partial charge in [0.15, 0.2) is 0 Å². The molecule has 2 aromatic rings. The first-order valence-corrected chi connectivity index (χ1v) is 5.61. The number of pyridine rings is 1. The van der Waals surface area contributed by atoms with Crippen molar-refractivity contribution in [3.63, 3.8) is 0 Å². The van der Waals surface area contributed by atoms with Gasteiger partial charge in [-0.3, -0.25) is 14.5 Å². The second kappa shape index (κ2) is 4.01. The smallest absolute Gasteiger partial charge is 0.269 e. The molecule has 5 nitrogen and oxygen atoms in total. The van der Waals surface area contributed by atoms with E-state index in [2.05, 4.69) is 15.4 Å². The first kappa shape index (κ1) is 10.0. The van der Waals surface area contributed by atoms with Crippen LogP contribution in [0, 0.1) is 0 Å². The van der Waals surface area contributed by atoms with Crippen molar-refractivity contribution < 1.29 is 4.79 Å². The summed E-state index contributed by atoms with van der Waals surface area (Å²) in [6.45, 7) is 1.49. The van der Waals surface area contributed by atoms with E-state index in [1.165, 1.54) is 0 Å². The van der Waals surface area contributed by atoms with Crippen molar-refractivity contribution in [3.05, 3.63) is 36.3 Å². The molecule has 86 valence electrons. The van der Waals surface area contributed by atoms with E-state index in [-0.39, 0.29) is 5.91 Å². The van der Waals surface area contributed by atoms with Crippen molar-refractivity contribution in [1.29, 1.82) is 0 Å². The van der Waals surface area contributed by atoms with Gasteiger partial charge in [-0.15, -0.1) is 0 Å². The summed E-state index contributed by atoms with van der Waals surface area (Å²) >= 11 is 0. The lowest BCUT2D eigenvalue weighted by Gasteiger charge is -1.98. The first-order chi connectivity index (χ1) is 8.34. The predicted molar refractivity (Wildman–Crippen MR) is 62.4 cm³/mol. The summed E-state index contributed by atoms with van der Waals surface area (Å²) in [5.41, 5.74) is 2.43. The minimum absolute atomic E-state index is 0.0460. The van der Waals surface area contributed by atoms with Crippen LogP contribution in [0.25, 0.3) is 11.3 Å². The summed E-state index contributed by atoms with van der Waals surface area (Å²) in [5.74, 6) is -0.0460. The normalized spacial score (nSPS) is 14.9. The molecular formula is C12H12N4O. The number of hydrogen-bond donors (Lipinski definition) is 1. The van der Waals surface area contributed by atoms with Gasteiger partial charge in [-0.2, -0.15) is 5.10 Å². The summed E-state index contributed by atoms with van der Waals surface area (Å²) in [6, 6.07) is 5.61. The van der Waals surface area contributed by atoms with Gasteiger partial charge >= 0.3 is 0 Å². The van der Waals surface area contributed by atoms with Crippen LogP contribution in [0.1, 0.15) is 16.9 Å². The molecule has 3 heterocycles. The van der Waals surface area contributed by atoms with Crippen molar-refractivity contribution in [2.45, 2.75) is 13.0 Å². The van der Waals surface area contributed by atoms with Crippen molar-refractivity contribution in [3.8, 4) is 11.3 Å². The van der Waals surface area contributed by atoms with Gasteiger partial charge in [-0.1, -0.05) is 0 Å². The lowest BCUT2D eigenvalue weighted by Crippen LogP contribution is -2.22. The highest BCUT2D eigenvalue weighted by molar-refractivity contribution is 5.93. The molecule has 0 radical (unpaired) electrons. The van der Waals surface area contributed by atoms with Crippen molar-refractivity contribution in [2.24, 2.45) is 0 Å². The number of carbonyl (C=O) groups is 1. The Bertz CT molecular complexity index is 547. The number of rotatable bonds is 1. The lowest BCUT2D eigenvalue weighted by atomic mass is 10.2. The highest BCUT2D eigenvalue weighted by Gasteiger charge is 2.18. The maximum absolute atomic E-state index is 11.8. The number of aromatic nitrogens is 3. The Morgan fingerprint density at radius 3 is 2.94 bits per heavy atom. The number of carbonyl (C=O) groups excluding carboxylic acids is 1. The fourth-order valence-electron chi connectivity index (χ4n) is 1.96. The third-order valence-electron chi connectivity index (χ3n) is 2.82. The number of aryl methyl sites for hydroxylation is 1. The molecule has 0 atom stereocenters. The second-order valence-electron chi connectivity index (χ2n) is 3.98. The zero-order valence-electron chi connectivity index (χ0n) is 9.26. The van der Waals surface area contributed by atoms with Crippen molar-refractivity contribution in [2.75, 3.05) is 6.54 Å². The average Bonchev–Trinajstić information content (AvgIpc) is 2.72. The Balaban J connectivity index is 2.05. The summed E-state index contributed by atoms with van der Waals surface area (Å²) in [5, 5.41) is 7.31. The fraction of sp³-hybridized carbons (Fsp3) is 0.250. The summed E-state index contributed by atoms with van der Waals surface area (Å²) in [7, 11) is 0. The Morgan fingerprint density at radius 2 is 2.12 bits per heavy atom. The largest absolute Gasteiger partial charge is 0.351 e. The Kier molecular flexibility index (Phi) is 2.36. The molecule has 1 aliphatic rings. The topological polar surface area (TPSA) is 59.8 Å². The minimum Gasteiger partial charge on any atom is -0.351 e. The van der Waals surface area contributed by atoms with E-state index in [1.807, 2.05) is 18.2 Å². The first-order valence-electron chi connectivity index (χ1n) is 5.61. The molecule has 2 aromatic heterocycles. The van der Waals surface area contributed by atoms with E-state index < -0.39 is 0 Å². The van der Waals surface area contributed by atoms with Gasteiger partial charge in [0.2, 0.25) is 0 Å². The highest BCUT2D eigenvalue weighted by atomic mass is 16.2. The third-order valence-corrected chi connectivity index (χ3v) is 2.82. The van der Waals surface area contributed by atoms with E-state index in [0.29, 0.717) is 12.2 Å². The van der Waals surface area contributed by atoms with Gasteiger partial charge in [-0.05, 0) is 24.6 Å². The zero-order chi connectivity index (χ0) is 11.7. The van der Waals surface area contributed by atoms with Crippen LogP contribution in [0.4, 0.5) is 0 Å². The standard InChI is InChI=1S/C12H12N4O/c17-12-11-8-10(9-2-5-13-6-3-9)15-16(11)7-1-4-14-12/h2-3,5-6,8H,1,4,7H2,(H,14,17). The number of hydrogen-bond acceptors (Lipinski definition) is 3. The van der Waals surface area contributed by atoms with Crippen LogP contribution in [0.5, 0.6) is 0 Å². The Hall–Kier alpha value is -2.17. The van der Waals surface area contributed by atoms with Gasteiger partial charge in [0.1, 0.15) is 5.69 Å². The maximum atomic E-state index is 11.8. The van der Waals surface area contributed by atoms with Gasteiger partial charge in [0, 0.05) is 31.0 Å². The van der Waals surface area contributed by atoms with Crippen LogP contribution >= 0.6 is 0 Å². The number of amides is 1. The molecule has 0 saturated heterocycles. The van der Waals surface area contributed by atoms with E-state index in [0.717, 1.165) is 24.2 Å². The average molecular weight is 228 g/mol. The molecule has 1 amide bonds. The summed E-state index contributed by atoms with van der Waals surface area (Å²) < 4.78 is 1.78. The quantitative estimate of drug-likeness (QED) is 0.794. The molecule has 0 fully saturated rings. The monoisotopic (exact) mass is 228 g/mol. The minimum atomic E-state index is -0.0460. The zero-order valence-corrected chi connectivity index (χ0v) is 9.26. The van der Waals surface area contributed by atoms with Crippen LogP contribution in [0.15, 0.2) is 30.6 Å². The molecule has 1 aliphatic heterocycles. The number of fused-ring (bicyclic) bond motifs is 1. The predicted octanol–water partition coefficient (Wildman–Crippen LogP) is 1.08. The molecular weight excluding hydrogens is 216 g/mol. The molecule has 1 N–H and O–H groups in total. The number of nitrogens with zero attached hydrogens (tertiary/aromatic N) is 3. The van der Waals surface area contributed by atoms with E-state index in [1.54, 1.807) is 17.1 Å². The molecule has 0 aliphatic carbocycles. The molecule has 0 unspecified atom stereocenters. The molecule has 0 spiro atoms. The van der Waals surface area contributed by atoms with E-state index in [9.17, 15) is 4.79 Å². The van der Waals surface area contributed by atoms with Gasteiger partial charge in [0.25, 0.3) is 5.91 Å². The Labute approximate surface area is 98.5 Å². The maximum Gasteiger partial charge on any atom is 0.269 e. The van der Waals surface area contributed by atoms with E-state index in [4.69, 9.17) is 0 Å². The fourth-order valence-corrected chi connectivity index (χ4v) is 1.96. The summed E-state index contributed by atoms with van der Waals surface area (Å²) in [6.07, 6.45) is 4.36. The summed E-state index contributed by atoms with van der Waals surface area (Å²) in [4.78, 5) is 15.7. The molecule has 0 saturated carbocycles. The van der Waals surface area contributed by atoms with Crippen LogP contribution in [0.2, 0.25) is 0 Å². The highest BCUT2D eigenvalue weighted by Crippen LogP contribution is 2.19. The van der Waals surface area contributed by atoms with Crippen LogP contribution in [-0.4, -0.2) is 27.2 Å². The van der Waals surface area contributed by atoms with Crippen LogP contribution in [0.3, 0.4) is 0 Å². The molecule has 17 heavy (non-hydrogen) atoms. The van der Waals surface area contributed by atoms with Gasteiger partial charge in [-0.25, -0.2) is 0 Å². The molecule has 3 rings (SSSR count). The molecule has 0 bridgehead atoms. The molecule has 0 aromatic carbocycles. The van der Waals surface area contributed by atoms with Crippen LogP contribution in [-0.2, 0) is 6.54 Å². The van der Waals surface area contributed by atoms with Gasteiger partial charge < -0.3 is 5.32 Å². The lowest BCUT2D eigenvalue weighted by molar-refractivity contribution is 0.0950.